The molecule has 1 unspecified atom stereocenters. The van der Waals surface area contributed by atoms with Crippen LogP contribution in [0.5, 0.6) is 11.5 Å². The molecule has 0 fully saturated rings. The molecule has 0 aliphatic heterocycles. The second kappa shape index (κ2) is 7.01. The molecule has 2 aromatic rings. The van der Waals surface area contributed by atoms with Gasteiger partial charge in [0.05, 0.1) is 20.5 Å². The van der Waals surface area contributed by atoms with Crippen LogP contribution in [0.3, 0.4) is 0 Å². The van der Waals surface area contributed by atoms with Gasteiger partial charge in [-0.25, -0.2) is 0 Å². The van der Waals surface area contributed by atoms with Gasteiger partial charge < -0.3 is 19.2 Å². The van der Waals surface area contributed by atoms with Crippen molar-refractivity contribution in [1.29, 1.82) is 0 Å². The van der Waals surface area contributed by atoms with Crippen molar-refractivity contribution in [2.24, 2.45) is 0 Å². The van der Waals surface area contributed by atoms with Crippen molar-refractivity contribution >= 4 is 0 Å². The summed E-state index contributed by atoms with van der Waals surface area (Å²) < 4.78 is 15.9. The Hall–Kier alpha value is -1.94. The lowest BCUT2D eigenvalue weighted by molar-refractivity contribution is 0.354. The molecule has 0 saturated carbocycles. The fourth-order valence-electron chi connectivity index (χ4n) is 2.09. The molecule has 0 aliphatic rings. The number of rotatable bonds is 7. The van der Waals surface area contributed by atoms with Crippen LogP contribution in [0.1, 0.15) is 18.2 Å². The monoisotopic (exact) mass is 275 g/mol. The Morgan fingerprint density at radius 2 is 1.95 bits per heavy atom. The SMILES string of the molecule is COc1ccc(CNC(C)Cc2ccco2)cc1OC. The van der Waals surface area contributed by atoms with Crippen molar-refractivity contribution in [3.05, 3.63) is 47.9 Å². The topological polar surface area (TPSA) is 43.6 Å². The summed E-state index contributed by atoms with van der Waals surface area (Å²) in [6.45, 7) is 2.92. The van der Waals surface area contributed by atoms with Crippen LogP contribution in [-0.4, -0.2) is 20.3 Å². The summed E-state index contributed by atoms with van der Waals surface area (Å²) in [6, 6.07) is 10.2. The minimum atomic E-state index is 0.342. The molecule has 108 valence electrons. The van der Waals surface area contributed by atoms with Gasteiger partial charge in [0, 0.05) is 19.0 Å². The zero-order chi connectivity index (χ0) is 14.4. The van der Waals surface area contributed by atoms with Crippen molar-refractivity contribution in [2.45, 2.75) is 25.9 Å². The number of nitrogens with one attached hydrogen (secondary N) is 1. The molecule has 4 nitrogen and oxygen atoms in total. The van der Waals surface area contributed by atoms with E-state index in [1.54, 1.807) is 20.5 Å². The molecule has 4 heteroatoms. The fraction of sp³-hybridized carbons (Fsp3) is 0.375. The number of furan rings is 1. The van der Waals surface area contributed by atoms with E-state index in [0.717, 1.165) is 35.8 Å². The van der Waals surface area contributed by atoms with Gasteiger partial charge in [-0.15, -0.1) is 0 Å². The summed E-state index contributed by atoms with van der Waals surface area (Å²) in [5.41, 5.74) is 1.16. The smallest absolute Gasteiger partial charge is 0.161 e. The molecule has 1 N–H and O–H groups in total. The third-order valence-electron chi connectivity index (χ3n) is 3.19. The van der Waals surface area contributed by atoms with Crippen molar-refractivity contribution in [1.82, 2.24) is 5.32 Å². The highest BCUT2D eigenvalue weighted by molar-refractivity contribution is 5.42. The molecule has 1 aromatic heterocycles. The second-order valence-electron chi connectivity index (χ2n) is 4.75. The van der Waals surface area contributed by atoms with E-state index >= 15 is 0 Å². The highest BCUT2D eigenvalue weighted by atomic mass is 16.5. The molecule has 0 aliphatic carbocycles. The first-order valence-electron chi connectivity index (χ1n) is 6.69. The van der Waals surface area contributed by atoms with Crippen molar-refractivity contribution in [3.8, 4) is 11.5 Å². The van der Waals surface area contributed by atoms with E-state index in [-0.39, 0.29) is 0 Å². The third-order valence-corrected chi connectivity index (χ3v) is 3.19. The van der Waals surface area contributed by atoms with Gasteiger partial charge in [0.1, 0.15) is 5.76 Å². The Morgan fingerprint density at radius 3 is 2.60 bits per heavy atom. The van der Waals surface area contributed by atoms with Gasteiger partial charge >= 0.3 is 0 Å². The number of ether oxygens (including phenoxy) is 2. The summed E-state index contributed by atoms with van der Waals surface area (Å²) in [5, 5.41) is 3.47. The zero-order valence-corrected chi connectivity index (χ0v) is 12.2. The van der Waals surface area contributed by atoms with Crippen LogP contribution < -0.4 is 14.8 Å². The van der Waals surface area contributed by atoms with Crippen LogP contribution in [0.2, 0.25) is 0 Å². The third kappa shape index (κ3) is 3.78. The second-order valence-corrected chi connectivity index (χ2v) is 4.75. The van der Waals surface area contributed by atoms with Gasteiger partial charge in [-0.1, -0.05) is 6.07 Å². The molecule has 0 saturated heterocycles. The minimum absolute atomic E-state index is 0.342. The van der Waals surface area contributed by atoms with E-state index in [4.69, 9.17) is 13.9 Å². The molecule has 0 spiro atoms. The minimum Gasteiger partial charge on any atom is -0.493 e. The molecule has 0 amide bonds. The van der Waals surface area contributed by atoms with Crippen LogP contribution in [-0.2, 0) is 13.0 Å². The highest BCUT2D eigenvalue weighted by Crippen LogP contribution is 2.27. The van der Waals surface area contributed by atoms with E-state index in [1.165, 1.54) is 0 Å². The van der Waals surface area contributed by atoms with Crippen LogP contribution in [0.25, 0.3) is 0 Å². The predicted octanol–water partition coefficient (Wildman–Crippen LogP) is 3.02. The maximum absolute atomic E-state index is 5.35. The molecule has 1 aromatic carbocycles. The Labute approximate surface area is 119 Å². The van der Waals surface area contributed by atoms with E-state index in [9.17, 15) is 0 Å². The summed E-state index contributed by atoms with van der Waals surface area (Å²) in [4.78, 5) is 0. The molecule has 20 heavy (non-hydrogen) atoms. The molecule has 2 rings (SSSR count). The summed E-state index contributed by atoms with van der Waals surface area (Å²) in [6.07, 6.45) is 2.58. The average molecular weight is 275 g/mol. The molecular formula is C16H21NO3. The maximum atomic E-state index is 5.35. The number of hydrogen-bond donors (Lipinski definition) is 1. The zero-order valence-electron chi connectivity index (χ0n) is 12.2. The Balaban J connectivity index is 1.90. The molecule has 1 heterocycles. The van der Waals surface area contributed by atoms with Gasteiger partial charge in [0.25, 0.3) is 0 Å². The van der Waals surface area contributed by atoms with Crippen LogP contribution in [0, 0.1) is 0 Å². The summed E-state index contributed by atoms with van der Waals surface area (Å²) >= 11 is 0. The Bertz CT molecular complexity index is 523. The Morgan fingerprint density at radius 1 is 1.15 bits per heavy atom. The Kier molecular flexibility index (Phi) is 5.07. The first-order valence-corrected chi connectivity index (χ1v) is 6.69. The van der Waals surface area contributed by atoms with E-state index < -0.39 is 0 Å². The van der Waals surface area contributed by atoms with Gasteiger partial charge in [0.2, 0.25) is 0 Å². The first-order chi connectivity index (χ1) is 9.72. The van der Waals surface area contributed by atoms with Gasteiger partial charge in [-0.3, -0.25) is 0 Å². The molecular weight excluding hydrogens is 254 g/mol. The van der Waals surface area contributed by atoms with Crippen LogP contribution in [0.15, 0.2) is 41.0 Å². The number of hydrogen-bond acceptors (Lipinski definition) is 4. The average Bonchev–Trinajstić information content (AvgIpc) is 2.97. The van der Waals surface area contributed by atoms with Gasteiger partial charge in [0.15, 0.2) is 11.5 Å². The van der Waals surface area contributed by atoms with Crippen molar-refractivity contribution in [3.63, 3.8) is 0 Å². The lowest BCUT2D eigenvalue weighted by Crippen LogP contribution is -2.27. The lowest BCUT2D eigenvalue weighted by Gasteiger charge is -2.14. The molecule has 1 atom stereocenters. The quantitative estimate of drug-likeness (QED) is 0.843. The number of methoxy groups -OCH3 is 2. The summed E-state index contributed by atoms with van der Waals surface area (Å²) in [5.74, 6) is 2.50. The lowest BCUT2D eigenvalue weighted by atomic mass is 10.1. The number of benzene rings is 1. The fourth-order valence-corrected chi connectivity index (χ4v) is 2.09. The van der Waals surface area contributed by atoms with Crippen molar-refractivity contribution in [2.75, 3.05) is 14.2 Å². The molecule has 0 bridgehead atoms. The maximum Gasteiger partial charge on any atom is 0.161 e. The summed E-state index contributed by atoms with van der Waals surface area (Å²) in [7, 11) is 3.29. The van der Waals surface area contributed by atoms with Crippen LogP contribution in [0.4, 0.5) is 0 Å². The standard InChI is InChI=1S/C16H21NO3/c1-12(9-14-5-4-8-20-14)17-11-13-6-7-15(18-2)16(10-13)19-3/h4-8,10,12,17H,9,11H2,1-3H3. The normalized spacial score (nSPS) is 12.2. The first kappa shape index (κ1) is 14.5. The van der Waals surface area contributed by atoms with Crippen LogP contribution >= 0.6 is 0 Å². The van der Waals surface area contributed by atoms with Gasteiger partial charge in [-0.05, 0) is 36.8 Å². The highest BCUT2D eigenvalue weighted by Gasteiger charge is 2.07. The van der Waals surface area contributed by atoms with E-state index in [0.29, 0.717) is 6.04 Å². The van der Waals surface area contributed by atoms with Gasteiger partial charge in [-0.2, -0.15) is 0 Å². The predicted molar refractivity (Wildman–Crippen MR) is 78.3 cm³/mol. The van der Waals surface area contributed by atoms with Crippen molar-refractivity contribution < 1.29 is 13.9 Å². The van der Waals surface area contributed by atoms with E-state index in [1.807, 2.05) is 30.3 Å². The molecule has 0 radical (unpaired) electrons. The van der Waals surface area contributed by atoms with E-state index in [2.05, 4.69) is 12.2 Å². The largest absolute Gasteiger partial charge is 0.493 e.